The number of aromatic nitrogens is 2. The minimum atomic E-state index is 0.0633. The third-order valence-corrected chi connectivity index (χ3v) is 3.85. The first-order valence-electron chi connectivity index (χ1n) is 5.22. The van der Waals surface area contributed by atoms with Crippen LogP contribution < -0.4 is 10.5 Å². The number of nitrogens with two attached hydrogens (primary N) is 1. The Bertz CT molecular complexity index is 498. The van der Waals surface area contributed by atoms with E-state index in [1.807, 2.05) is 12.1 Å². The predicted molar refractivity (Wildman–Crippen MR) is 73.6 cm³/mol. The zero-order valence-corrected chi connectivity index (χ0v) is 11.1. The van der Waals surface area contributed by atoms with E-state index in [-0.39, 0.29) is 5.84 Å². The molecule has 7 heteroatoms. The van der Waals surface area contributed by atoms with Gasteiger partial charge in [-0.25, -0.2) is 4.98 Å². The van der Waals surface area contributed by atoms with E-state index >= 15 is 0 Å². The molecule has 0 aliphatic heterocycles. The standard InChI is InChI=1S/C11H12N4OS2/c12-10(13)8-1-3-9(4-2-8)16-5-6-17-11-14-7-15-18-11/h1-4,7H,5-6H2,(H3,12,13). The summed E-state index contributed by atoms with van der Waals surface area (Å²) >= 11 is 3.00. The Balaban J connectivity index is 1.75. The van der Waals surface area contributed by atoms with Crippen LogP contribution in [0, 0.1) is 5.41 Å². The van der Waals surface area contributed by atoms with E-state index in [1.54, 1.807) is 30.2 Å². The van der Waals surface area contributed by atoms with Gasteiger partial charge in [0.25, 0.3) is 0 Å². The number of thioether (sulfide) groups is 1. The topological polar surface area (TPSA) is 84.9 Å². The van der Waals surface area contributed by atoms with Crippen LogP contribution in [0.3, 0.4) is 0 Å². The van der Waals surface area contributed by atoms with Crippen LogP contribution in [-0.2, 0) is 0 Å². The molecular weight excluding hydrogens is 268 g/mol. The van der Waals surface area contributed by atoms with Gasteiger partial charge in [0.1, 0.15) is 17.9 Å². The Morgan fingerprint density at radius 1 is 1.39 bits per heavy atom. The maximum atomic E-state index is 7.28. The zero-order chi connectivity index (χ0) is 12.8. The van der Waals surface area contributed by atoms with E-state index in [2.05, 4.69) is 9.36 Å². The van der Waals surface area contributed by atoms with Crippen LogP contribution in [0.1, 0.15) is 5.56 Å². The van der Waals surface area contributed by atoms with Gasteiger partial charge in [0, 0.05) is 11.3 Å². The van der Waals surface area contributed by atoms with Crippen LogP contribution >= 0.6 is 23.3 Å². The van der Waals surface area contributed by atoms with E-state index in [4.69, 9.17) is 15.9 Å². The second-order valence-electron chi connectivity index (χ2n) is 3.34. The maximum Gasteiger partial charge on any atom is 0.169 e. The Kier molecular flexibility index (Phi) is 4.54. The predicted octanol–water partition coefficient (Wildman–Crippen LogP) is 1.99. The van der Waals surface area contributed by atoms with Gasteiger partial charge in [-0.2, -0.15) is 4.37 Å². The largest absolute Gasteiger partial charge is 0.493 e. The number of nitrogens with zero attached hydrogens (tertiary/aromatic N) is 2. The number of ether oxygens (including phenoxy) is 1. The molecule has 3 N–H and O–H groups in total. The van der Waals surface area contributed by atoms with Crippen molar-refractivity contribution in [3.63, 3.8) is 0 Å². The highest BCUT2D eigenvalue weighted by atomic mass is 32.2. The second-order valence-corrected chi connectivity index (χ2v) is 5.46. The molecule has 0 saturated heterocycles. The normalized spacial score (nSPS) is 10.2. The van der Waals surface area contributed by atoms with Crippen LogP contribution in [0.2, 0.25) is 0 Å². The van der Waals surface area contributed by atoms with E-state index in [0.717, 1.165) is 15.8 Å². The molecule has 0 unspecified atom stereocenters. The monoisotopic (exact) mass is 280 g/mol. The van der Waals surface area contributed by atoms with Gasteiger partial charge in [0.2, 0.25) is 0 Å². The molecule has 0 amide bonds. The number of hydrogen-bond acceptors (Lipinski definition) is 6. The van der Waals surface area contributed by atoms with Crippen molar-refractivity contribution in [1.29, 1.82) is 5.41 Å². The molecule has 0 saturated carbocycles. The first kappa shape index (κ1) is 12.8. The quantitative estimate of drug-likeness (QED) is 0.366. The third kappa shape index (κ3) is 3.71. The van der Waals surface area contributed by atoms with Crippen LogP contribution in [0.15, 0.2) is 34.9 Å². The number of amidine groups is 1. The third-order valence-electron chi connectivity index (χ3n) is 2.08. The van der Waals surface area contributed by atoms with E-state index in [1.165, 1.54) is 11.5 Å². The lowest BCUT2D eigenvalue weighted by atomic mass is 10.2. The highest BCUT2D eigenvalue weighted by Crippen LogP contribution is 2.18. The fourth-order valence-corrected chi connectivity index (χ4v) is 2.58. The Hall–Kier alpha value is -1.60. The highest BCUT2D eigenvalue weighted by Gasteiger charge is 2.00. The fraction of sp³-hybridized carbons (Fsp3) is 0.182. The zero-order valence-electron chi connectivity index (χ0n) is 9.50. The van der Waals surface area contributed by atoms with Gasteiger partial charge >= 0.3 is 0 Å². The first-order chi connectivity index (χ1) is 8.75. The SMILES string of the molecule is N=C(N)c1ccc(OCCSc2ncns2)cc1. The van der Waals surface area contributed by atoms with Gasteiger partial charge in [-0.05, 0) is 35.8 Å². The smallest absolute Gasteiger partial charge is 0.169 e. The molecule has 1 heterocycles. The van der Waals surface area contributed by atoms with Crippen molar-refractivity contribution in [2.24, 2.45) is 5.73 Å². The van der Waals surface area contributed by atoms with E-state index in [0.29, 0.717) is 12.2 Å². The van der Waals surface area contributed by atoms with Crippen molar-refractivity contribution in [3.8, 4) is 5.75 Å². The molecular formula is C11H12N4OS2. The molecule has 0 fully saturated rings. The molecule has 0 radical (unpaired) electrons. The summed E-state index contributed by atoms with van der Waals surface area (Å²) in [6.07, 6.45) is 1.55. The molecule has 0 bridgehead atoms. The summed E-state index contributed by atoms with van der Waals surface area (Å²) in [7, 11) is 0. The van der Waals surface area contributed by atoms with Crippen molar-refractivity contribution < 1.29 is 4.74 Å². The number of rotatable bonds is 6. The molecule has 0 spiro atoms. The van der Waals surface area contributed by atoms with Gasteiger partial charge in [-0.3, -0.25) is 5.41 Å². The van der Waals surface area contributed by atoms with Crippen molar-refractivity contribution >= 4 is 29.1 Å². The van der Waals surface area contributed by atoms with Gasteiger partial charge in [-0.1, -0.05) is 11.8 Å². The number of benzene rings is 1. The molecule has 1 aromatic heterocycles. The van der Waals surface area contributed by atoms with Crippen molar-refractivity contribution in [1.82, 2.24) is 9.36 Å². The van der Waals surface area contributed by atoms with Gasteiger partial charge in [0.05, 0.1) is 6.61 Å². The highest BCUT2D eigenvalue weighted by molar-refractivity contribution is 8.00. The van der Waals surface area contributed by atoms with E-state index in [9.17, 15) is 0 Å². The summed E-state index contributed by atoms with van der Waals surface area (Å²) in [6.45, 7) is 0.601. The minimum absolute atomic E-state index is 0.0633. The molecule has 5 nitrogen and oxygen atoms in total. The summed E-state index contributed by atoms with van der Waals surface area (Å²) in [6, 6.07) is 7.17. The lowest BCUT2D eigenvalue weighted by molar-refractivity contribution is 0.344. The Morgan fingerprint density at radius 2 is 2.17 bits per heavy atom. The molecule has 0 aliphatic rings. The van der Waals surface area contributed by atoms with Gasteiger partial charge in [0.15, 0.2) is 4.34 Å². The average Bonchev–Trinajstić information content (AvgIpc) is 2.88. The lowest BCUT2D eigenvalue weighted by Gasteiger charge is -2.05. The summed E-state index contributed by atoms with van der Waals surface area (Å²) < 4.78 is 10.4. The summed E-state index contributed by atoms with van der Waals surface area (Å²) in [5.41, 5.74) is 6.07. The fourth-order valence-electron chi connectivity index (χ4n) is 1.25. The molecule has 0 atom stereocenters. The lowest BCUT2D eigenvalue weighted by Crippen LogP contribution is -2.10. The summed E-state index contributed by atoms with van der Waals surface area (Å²) in [5, 5.41) is 7.28. The van der Waals surface area contributed by atoms with Gasteiger partial charge in [-0.15, -0.1) is 0 Å². The molecule has 2 aromatic rings. The first-order valence-corrected chi connectivity index (χ1v) is 6.98. The molecule has 2 rings (SSSR count). The van der Waals surface area contributed by atoms with Crippen LogP contribution in [0.5, 0.6) is 5.75 Å². The number of nitrogen functional groups attached to an aromatic ring is 1. The van der Waals surface area contributed by atoms with Gasteiger partial charge < -0.3 is 10.5 Å². The number of nitrogens with one attached hydrogen (secondary N) is 1. The minimum Gasteiger partial charge on any atom is -0.493 e. The Morgan fingerprint density at radius 3 is 2.78 bits per heavy atom. The molecule has 1 aromatic carbocycles. The summed E-state index contributed by atoms with van der Waals surface area (Å²) in [5.74, 6) is 1.66. The van der Waals surface area contributed by atoms with Crippen LogP contribution in [0.25, 0.3) is 0 Å². The van der Waals surface area contributed by atoms with Crippen LogP contribution in [0.4, 0.5) is 0 Å². The second kappa shape index (κ2) is 6.36. The van der Waals surface area contributed by atoms with Crippen molar-refractivity contribution in [2.75, 3.05) is 12.4 Å². The molecule has 18 heavy (non-hydrogen) atoms. The van der Waals surface area contributed by atoms with Crippen LogP contribution in [-0.4, -0.2) is 27.6 Å². The van der Waals surface area contributed by atoms with E-state index < -0.39 is 0 Å². The average molecular weight is 280 g/mol. The molecule has 0 aliphatic carbocycles. The maximum absolute atomic E-state index is 7.28. The number of hydrogen-bond donors (Lipinski definition) is 2. The Labute approximate surface area is 113 Å². The van der Waals surface area contributed by atoms with Crippen molar-refractivity contribution in [3.05, 3.63) is 36.2 Å². The molecule has 94 valence electrons. The summed E-state index contributed by atoms with van der Waals surface area (Å²) in [4.78, 5) is 4.07. The van der Waals surface area contributed by atoms with Crippen molar-refractivity contribution in [2.45, 2.75) is 4.34 Å².